The quantitative estimate of drug-likeness (QED) is 0.707. The van der Waals surface area contributed by atoms with Gasteiger partial charge in [0.25, 0.3) is 0 Å². The SMILES string of the molecule is Cc1ccccc1CNC(=O)CCCc1c[nH]c2ccccc12. The third kappa shape index (κ3) is 3.81. The minimum absolute atomic E-state index is 0.119. The normalized spacial score (nSPS) is 10.8. The molecule has 0 unspecified atom stereocenters. The number of fused-ring (bicyclic) bond motifs is 1. The third-order valence-corrected chi connectivity index (χ3v) is 4.26. The monoisotopic (exact) mass is 306 g/mol. The molecule has 2 N–H and O–H groups in total. The van der Waals surface area contributed by atoms with Crippen LogP contribution in [0.2, 0.25) is 0 Å². The topological polar surface area (TPSA) is 44.9 Å². The first-order valence-electron chi connectivity index (χ1n) is 8.10. The average Bonchev–Trinajstić information content (AvgIpc) is 2.98. The molecule has 118 valence electrons. The summed E-state index contributed by atoms with van der Waals surface area (Å²) in [7, 11) is 0. The first-order valence-corrected chi connectivity index (χ1v) is 8.10. The van der Waals surface area contributed by atoms with Crippen LogP contribution in [0.1, 0.15) is 29.5 Å². The standard InChI is InChI=1S/C20H22N2O/c1-15-7-2-3-8-16(15)13-22-20(23)12-6-9-17-14-21-19-11-5-4-10-18(17)19/h2-5,7-8,10-11,14,21H,6,9,12-13H2,1H3,(H,22,23). The third-order valence-electron chi connectivity index (χ3n) is 4.26. The number of para-hydroxylation sites is 1. The second kappa shape index (κ2) is 7.14. The van der Waals surface area contributed by atoms with Crippen LogP contribution in [0.5, 0.6) is 0 Å². The first kappa shape index (κ1) is 15.3. The Bertz CT molecular complexity index is 804. The fraction of sp³-hybridized carbons (Fsp3) is 0.250. The van der Waals surface area contributed by atoms with Crippen molar-refractivity contribution in [2.45, 2.75) is 32.7 Å². The molecule has 1 amide bonds. The Morgan fingerprint density at radius 2 is 1.83 bits per heavy atom. The van der Waals surface area contributed by atoms with Gasteiger partial charge >= 0.3 is 0 Å². The molecule has 0 saturated carbocycles. The molecule has 0 spiro atoms. The fourth-order valence-electron chi connectivity index (χ4n) is 2.87. The van der Waals surface area contributed by atoms with Crippen LogP contribution in [0.25, 0.3) is 10.9 Å². The summed E-state index contributed by atoms with van der Waals surface area (Å²) >= 11 is 0. The number of aromatic nitrogens is 1. The summed E-state index contributed by atoms with van der Waals surface area (Å²) in [5.41, 5.74) is 4.84. The van der Waals surface area contributed by atoms with Crippen LogP contribution < -0.4 is 5.32 Å². The zero-order valence-electron chi connectivity index (χ0n) is 13.4. The maximum absolute atomic E-state index is 12.0. The number of benzene rings is 2. The van der Waals surface area contributed by atoms with E-state index in [2.05, 4.69) is 53.8 Å². The predicted octanol–water partition coefficient (Wildman–Crippen LogP) is 4.12. The summed E-state index contributed by atoms with van der Waals surface area (Å²) in [4.78, 5) is 15.3. The van der Waals surface area contributed by atoms with Crippen LogP contribution in [-0.2, 0) is 17.8 Å². The van der Waals surface area contributed by atoms with E-state index in [1.54, 1.807) is 0 Å². The van der Waals surface area contributed by atoms with Crippen molar-refractivity contribution in [1.82, 2.24) is 10.3 Å². The lowest BCUT2D eigenvalue weighted by molar-refractivity contribution is -0.121. The van der Waals surface area contributed by atoms with E-state index in [4.69, 9.17) is 0 Å². The summed E-state index contributed by atoms with van der Waals surface area (Å²) in [6.45, 7) is 2.68. The lowest BCUT2D eigenvalue weighted by atomic mass is 10.1. The Morgan fingerprint density at radius 1 is 1.04 bits per heavy atom. The van der Waals surface area contributed by atoms with E-state index in [-0.39, 0.29) is 5.91 Å². The minimum atomic E-state index is 0.119. The molecule has 0 saturated heterocycles. The van der Waals surface area contributed by atoms with Gasteiger partial charge in [-0.15, -0.1) is 0 Å². The average molecular weight is 306 g/mol. The Hall–Kier alpha value is -2.55. The number of H-pyrrole nitrogens is 1. The van der Waals surface area contributed by atoms with Crippen molar-refractivity contribution in [2.24, 2.45) is 0 Å². The van der Waals surface area contributed by atoms with E-state index in [1.165, 1.54) is 22.1 Å². The van der Waals surface area contributed by atoms with Crippen LogP contribution in [0.4, 0.5) is 0 Å². The number of carbonyl (C=O) groups is 1. The van der Waals surface area contributed by atoms with E-state index in [1.807, 2.05) is 18.2 Å². The van der Waals surface area contributed by atoms with E-state index in [0.29, 0.717) is 13.0 Å². The van der Waals surface area contributed by atoms with Crippen LogP contribution in [0.15, 0.2) is 54.7 Å². The summed E-state index contributed by atoms with van der Waals surface area (Å²) in [5.74, 6) is 0.119. The maximum atomic E-state index is 12.0. The number of carbonyl (C=O) groups excluding carboxylic acids is 1. The van der Waals surface area contributed by atoms with E-state index in [0.717, 1.165) is 18.4 Å². The van der Waals surface area contributed by atoms with Gasteiger partial charge < -0.3 is 10.3 Å². The molecule has 23 heavy (non-hydrogen) atoms. The molecule has 3 nitrogen and oxygen atoms in total. The molecule has 0 aliphatic rings. The number of rotatable bonds is 6. The van der Waals surface area contributed by atoms with Gasteiger partial charge in [-0.1, -0.05) is 42.5 Å². The molecule has 0 atom stereocenters. The number of aryl methyl sites for hydroxylation is 2. The molecule has 0 radical (unpaired) electrons. The maximum Gasteiger partial charge on any atom is 0.220 e. The Kier molecular flexibility index (Phi) is 4.77. The number of hydrogen-bond donors (Lipinski definition) is 2. The van der Waals surface area contributed by atoms with Crippen LogP contribution >= 0.6 is 0 Å². The van der Waals surface area contributed by atoms with Gasteiger partial charge in [0.1, 0.15) is 0 Å². The van der Waals surface area contributed by atoms with Gasteiger partial charge in [0.05, 0.1) is 0 Å². The summed E-state index contributed by atoms with van der Waals surface area (Å²) in [6, 6.07) is 16.4. The molecular weight excluding hydrogens is 284 g/mol. The molecule has 0 bridgehead atoms. The zero-order chi connectivity index (χ0) is 16.1. The van der Waals surface area contributed by atoms with Gasteiger partial charge in [0.15, 0.2) is 0 Å². The summed E-state index contributed by atoms with van der Waals surface area (Å²) < 4.78 is 0. The largest absolute Gasteiger partial charge is 0.361 e. The van der Waals surface area contributed by atoms with Gasteiger partial charge in [0, 0.05) is 30.1 Å². The molecular formula is C20H22N2O. The molecule has 3 aromatic rings. The van der Waals surface area contributed by atoms with Crippen molar-refractivity contribution in [1.29, 1.82) is 0 Å². The van der Waals surface area contributed by atoms with Crippen molar-refractivity contribution >= 4 is 16.8 Å². The molecule has 3 heteroatoms. The van der Waals surface area contributed by atoms with Gasteiger partial charge in [-0.3, -0.25) is 4.79 Å². The Labute approximate surface area is 136 Å². The van der Waals surface area contributed by atoms with Crippen molar-refractivity contribution in [3.8, 4) is 0 Å². The molecule has 0 aliphatic carbocycles. The van der Waals surface area contributed by atoms with Crippen LogP contribution in [0.3, 0.4) is 0 Å². The first-order chi connectivity index (χ1) is 11.2. The van der Waals surface area contributed by atoms with Gasteiger partial charge in [-0.05, 0) is 42.5 Å². The van der Waals surface area contributed by atoms with Gasteiger partial charge in [0.2, 0.25) is 5.91 Å². The van der Waals surface area contributed by atoms with Gasteiger partial charge in [-0.2, -0.15) is 0 Å². The molecule has 2 aromatic carbocycles. The summed E-state index contributed by atoms with van der Waals surface area (Å²) in [5, 5.41) is 4.27. The summed E-state index contributed by atoms with van der Waals surface area (Å²) in [6.07, 6.45) is 4.39. The van der Waals surface area contributed by atoms with Crippen molar-refractivity contribution in [3.05, 3.63) is 71.4 Å². The Balaban J connectivity index is 1.47. The van der Waals surface area contributed by atoms with E-state index < -0.39 is 0 Å². The second-order valence-corrected chi connectivity index (χ2v) is 5.92. The molecule has 3 rings (SSSR count). The number of hydrogen-bond acceptors (Lipinski definition) is 1. The van der Waals surface area contributed by atoms with Crippen LogP contribution in [-0.4, -0.2) is 10.9 Å². The number of nitrogens with one attached hydrogen (secondary N) is 2. The van der Waals surface area contributed by atoms with Crippen molar-refractivity contribution in [2.75, 3.05) is 0 Å². The highest BCUT2D eigenvalue weighted by molar-refractivity contribution is 5.83. The highest BCUT2D eigenvalue weighted by Crippen LogP contribution is 2.19. The highest BCUT2D eigenvalue weighted by Gasteiger charge is 2.06. The van der Waals surface area contributed by atoms with Crippen LogP contribution in [0, 0.1) is 6.92 Å². The molecule has 0 fully saturated rings. The zero-order valence-corrected chi connectivity index (χ0v) is 13.4. The highest BCUT2D eigenvalue weighted by atomic mass is 16.1. The molecule has 0 aliphatic heterocycles. The number of amides is 1. The predicted molar refractivity (Wildman–Crippen MR) is 94.3 cm³/mol. The minimum Gasteiger partial charge on any atom is -0.361 e. The number of aromatic amines is 1. The van der Waals surface area contributed by atoms with E-state index in [9.17, 15) is 4.79 Å². The van der Waals surface area contributed by atoms with Gasteiger partial charge in [-0.25, -0.2) is 0 Å². The Morgan fingerprint density at radius 3 is 2.70 bits per heavy atom. The lowest BCUT2D eigenvalue weighted by Crippen LogP contribution is -2.22. The lowest BCUT2D eigenvalue weighted by Gasteiger charge is -2.07. The fourth-order valence-corrected chi connectivity index (χ4v) is 2.87. The van der Waals surface area contributed by atoms with E-state index >= 15 is 0 Å². The molecule has 1 heterocycles. The molecule has 1 aromatic heterocycles. The second-order valence-electron chi connectivity index (χ2n) is 5.92. The van der Waals surface area contributed by atoms with Crippen molar-refractivity contribution < 1.29 is 4.79 Å². The van der Waals surface area contributed by atoms with Crippen molar-refractivity contribution in [3.63, 3.8) is 0 Å². The smallest absolute Gasteiger partial charge is 0.220 e.